The molecule has 0 aromatic carbocycles. The fourth-order valence-electron chi connectivity index (χ4n) is 2.39. The molecule has 7 heteroatoms. The Bertz CT molecular complexity index is 543. The van der Waals surface area contributed by atoms with Gasteiger partial charge in [0.05, 0.1) is 3.79 Å². The molecule has 2 heterocycles. The van der Waals surface area contributed by atoms with Gasteiger partial charge in [-0.1, -0.05) is 0 Å². The molecule has 1 aliphatic heterocycles. The van der Waals surface area contributed by atoms with E-state index < -0.39 is 10.0 Å². The lowest BCUT2D eigenvalue weighted by molar-refractivity contribution is 0.323. The van der Waals surface area contributed by atoms with E-state index >= 15 is 0 Å². The molecule has 1 atom stereocenters. The number of aryl methyl sites for hydroxylation is 1. The molecule has 1 N–H and O–H groups in total. The molecule has 2 rings (SSSR count). The van der Waals surface area contributed by atoms with Crippen LogP contribution in [0, 0.1) is 6.92 Å². The molecule has 0 amide bonds. The van der Waals surface area contributed by atoms with E-state index in [0.29, 0.717) is 10.8 Å². The number of rotatable bonds is 5. The number of halogens is 1. The summed E-state index contributed by atoms with van der Waals surface area (Å²) < 4.78 is 28.6. The van der Waals surface area contributed by atoms with Crippen molar-refractivity contribution >= 4 is 37.3 Å². The highest BCUT2D eigenvalue weighted by Gasteiger charge is 2.31. The third kappa shape index (κ3) is 3.44. The molecule has 0 bridgehead atoms. The zero-order valence-electron chi connectivity index (χ0n) is 12.0. The van der Waals surface area contributed by atoms with Crippen LogP contribution in [0.4, 0.5) is 0 Å². The van der Waals surface area contributed by atoms with E-state index in [1.807, 2.05) is 20.8 Å². The third-order valence-electron chi connectivity index (χ3n) is 3.54. The van der Waals surface area contributed by atoms with Crippen LogP contribution >= 0.6 is 27.3 Å². The van der Waals surface area contributed by atoms with E-state index in [1.165, 1.54) is 11.3 Å². The van der Waals surface area contributed by atoms with E-state index in [-0.39, 0.29) is 12.1 Å². The Balaban J connectivity index is 2.26. The molecule has 0 spiro atoms. The summed E-state index contributed by atoms with van der Waals surface area (Å²) in [5, 5.41) is 3.37. The van der Waals surface area contributed by atoms with E-state index in [4.69, 9.17) is 0 Å². The number of nitrogens with one attached hydrogen (secondary N) is 1. The molecular weight excluding hydrogens is 360 g/mol. The second-order valence-electron chi connectivity index (χ2n) is 5.48. The molecule has 1 aromatic rings. The van der Waals surface area contributed by atoms with Crippen LogP contribution in [0.2, 0.25) is 0 Å². The standard InChI is InChI=1S/C13H21BrN2O2S2/c1-9(2)16(8-11-5-4-6-15-11)20(17,18)12-7-10(3)13(14)19-12/h7,9,11,15H,4-6,8H2,1-3H3. The second-order valence-corrected chi connectivity index (χ2v) is 9.97. The second kappa shape index (κ2) is 6.44. The van der Waals surface area contributed by atoms with Crippen molar-refractivity contribution in [2.75, 3.05) is 13.1 Å². The van der Waals surface area contributed by atoms with Crippen LogP contribution in [0.5, 0.6) is 0 Å². The summed E-state index contributed by atoms with van der Waals surface area (Å²) in [4.78, 5) is 0. The van der Waals surface area contributed by atoms with Crippen LogP contribution in [0.3, 0.4) is 0 Å². The highest BCUT2D eigenvalue weighted by molar-refractivity contribution is 9.11. The van der Waals surface area contributed by atoms with Crippen molar-refractivity contribution in [2.24, 2.45) is 0 Å². The summed E-state index contributed by atoms with van der Waals surface area (Å²) in [6, 6.07) is 1.99. The quantitative estimate of drug-likeness (QED) is 0.853. The Morgan fingerprint density at radius 2 is 2.25 bits per heavy atom. The highest BCUT2D eigenvalue weighted by Crippen LogP contribution is 2.33. The number of hydrogen-bond donors (Lipinski definition) is 1. The summed E-state index contributed by atoms with van der Waals surface area (Å²) in [6.07, 6.45) is 2.17. The van der Waals surface area contributed by atoms with Crippen molar-refractivity contribution in [2.45, 2.75) is 49.9 Å². The van der Waals surface area contributed by atoms with Crippen LogP contribution in [-0.2, 0) is 10.0 Å². The molecule has 114 valence electrons. The smallest absolute Gasteiger partial charge is 0.252 e. The zero-order valence-corrected chi connectivity index (χ0v) is 15.2. The first-order valence-corrected chi connectivity index (χ1v) is 9.88. The van der Waals surface area contributed by atoms with Gasteiger partial charge in [0.1, 0.15) is 4.21 Å². The maximum absolute atomic E-state index is 12.8. The number of nitrogens with zero attached hydrogens (tertiary/aromatic N) is 1. The van der Waals surface area contributed by atoms with Gasteiger partial charge in [-0.15, -0.1) is 11.3 Å². The molecule has 1 aliphatic rings. The molecule has 1 saturated heterocycles. The van der Waals surface area contributed by atoms with Crippen LogP contribution in [0.1, 0.15) is 32.3 Å². The topological polar surface area (TPSA) is 49.4 Å². The first kappa shape index (κ1) is 16.4. The maximum Gasteiger partial charge on any atom is 0.252 e. The molecule has 1 unspecified atom stereocenters. The lowest BCUT2D eigenvalue weighted by Gasteiger charge is -2.28. The van der Waals surface area contributed by atoms with Gasteiger partial charge in [0.25, 0.3) is 10.0 Å². The Morgan fingerprint density at radius 1 is 1.55 bits per heavy atom. The molecule has 1 fully saturated rings. The van der Waals surface area contributed by atoms with E-state index in [0.717, 1.165) is 28.7 Å². The molecule has 4 nitrogen and oxygen atoms in total. The third-order valence-corrected chi connectivity index (χ3v) is 8.16. The van der Waals surface area contributed by atoms with Crippen LogP contribution < -0.4 is 5.32 Å². The Morgan fingerprint density at radius 3 is 2.70 bits per heavy atom. The van der Waals surface area contributed by atoms with Gasteiger partial charge in [0, 0.05) is 18.6 Å². The van der Waals surface area contributed by atoms with Crippen molar-refractivity contribution in [3.63, 3.8) is 0 Å². The minimum absolute atomic E-state index is 0.0384. The predicted molar refractivity (Wildman–Crippen MR) is 86.8 cm³/mol. The zero-order chi connectivity index (χ0) is 14.9. The van der Waals surface area contributed by atoms with Crippen molar-refractivity contribution in [3.05, 3.63) is 15.4 Å². The molecule has 20 heavy (non-hydrogen) atoms. The molecule has 0 aliphatic carbocycles. The first-order chi connectivity index (χ1) is 9.32. The first-order valence-electron chi connectivity index (χ1n) is 6.83. The Hall–Kier alpha value is 0.0500. The van der Waals surface area contributed by atoms with E-state index in [2.05, 4.69) is 21.2 Å². The van der Waals surface area contributed by atoms with Gasteiger partial charge < -0.3 is 5.32 Å². The molecule has 1 aromatic heterocycles. The van der Waals surface area contributed by atoms with Gasteiger partial charge >= 0.3 is 0 Å². The maximum atomic E-state index is 12.8. The average Bonchev–Trinajstić information content (AvgIpc) is 2.97. The average molecular weight is 381 g/mol. The van der Waals surface area contributed by atoms with Crippen LogP contribution in [-0.4, -0.2) is 37.9 Å². The minimum atomic E-state index is -3.41. The lowest BCUT2D eigenvalue weighted by Crippen LogP contribution is -2.44. The van der Waals surface area contributed by atoms with Crippen molar-refractivity contribution < 1.29 is 8.42 Å². The van der Waals surface area contributed by atoms with Gasteiger partial charge in [0.15, 0.2) is 0 Å². The van der Waals surface area contributed by atoms with E-state index in [9.17, 15) is 8.42 Å². The normalized spacial score (nSPS) is 20.2. The molecule has 0 radical (unpaired) electrons. The lowest BCUT2D eigenvalue weighted by atomic mass is 10.2. The minimum Gasteiger partial charge on any atom is -0.313 e. The van der Waals surface area contributed by atoms with Gasteiger partial charge in [-0.05, 0) is 67.7 Å². The Labute approximate surface area is 133 Å². The van der Waals surface area contributed by atoms with Crippen LogP contribution in [0.25, 0.3) is 0 Å². The van der Waals surface area contributed by atoms with Crippen molar-refractivity contribution in [1.29, 1.82) is 0 Å². The monoisotopic (exact) mass is 380 g/mol. The fourth-order valence-corrected chi connectivity index (χ4v) is 6.43. The largest absolute Gasteiger partial charge is 0.313 e. The predicted octanol–water partition coefficient (Wildman–Crippen LogP) is 2.97. The highest BCUT2D eigenvalue weighted by atomic mass is 79.9. The van der Waals surface area contributed by atoms with Crippen molar-refractivity contribution in [1.82, 2.24) is 9.62 Å². The van der Waals surface area contributed by atoms with Crippen LogP contribution in [0.15, 0.2) is 14.1 Å². The summed E-state index contributed by atoms with van der Waals surface area (Å²) in [6.45, 7) is 7.32. The summed E-state index contributed by atoms with van der Waals surface area (Å²) in [5.74, 6) is 0. The SMILES string of the molecule is Cc1cc(S(=O)(=O)N(CC2CCCN2)C(C)C)sc1Br. The van der Waals surface area contributed by atoms with Crippen molar-refractivity contribution in [3.8, 4) is 0 Å². The van der Waals surface area contributed by atoms with Gasteiger partial charge in [0.2, 0.25) is 0 Å². The van der Waals surface area contributed by atoms with Gasteiger partial charge in [-0.3, -0.25) is 0 Å². The molecule has 0 saturated carbocycles. The summed E-state index contributed by atoms with van der Waals surface area (Å²) >= 11 is 4.70. The summed E-state index contributed by atoms with van der Waals surface area (Å²) in [5.41, 5.74) is 0.969. The number of hydrogen-bond acceptors (Lipinski definition) is 4. The Kier molecular flexibility index (Phi) is 5.29. The fraction of sp³-hybridized carbons (Fsp3) is 0.692. The van der Waals surface area contributed by atoms with Gasteiger partial charge in [-0.25, -0.2) is 8.42 Å². The number of sulfonamides is 1. The van der Waals surface area contributed by atoms with E-state index in [1.54, 1.807) is 10.4 Å². The molecular formula is C13H21BrN2O2S2. The number of thiophene rings is 1. The summed E-state index contributed by atoms with van der Waals surface area (Å²) in [7, 11) is -3.41. The van der Waals surface area contributed by atoms with Gasteiger partial charge in [-0.2, -0.15) is 4.31 Å².